The molecular weight excluding hydrogens is 362 g/mol. The maximum Gasteiger partial charge on any atom is 0.251 e. The van der Waals surface area contributed by atoms with Gasteiger partial charge < -0.3 is 20.7 Å². The molecular formula is C24H33N3O2. The van der Waals surface area contributed by atoms with E-state index in [-0.39, 0.29) is 23.0 Å². The lowest BCUT2D eigenvalue weighted by Gasteiger charge is -2.46. The highest BCUT2D eigenvalue weighted by Crippen LogP contribution is 2.29. The second-order valence-corrected chi connectivity index (χ2v) is 9.28. The topological polar surface area (TPSA) is 62.4 Å². The van der Waals surface area contributed by atoms with Gasteiger partial charge in [-0.25, -0.2) is 0 Å². The van der Waals surface area contributed by atoms with Gasteiger partial charge >= 0.3 is 0 Å². The molecule has 3 N–H and O–H groups in total. The lowest BCUT2D eigenvalue weighted by molar-refractivity contribution is 0.0873. The number of nitrogens with one attached hydrogen (secondary N) is 3. The normalized spacial score (nSPS) is 18.2. The van der Waals surface area contributed by atoms with Gasteiger partial charge in [0, 0.05) is 29.2 Å². The van der Waals surface area contributed by atoms with E-state index in [9.17, 15) is 4.79 Å². The fourth-order valence-electron chi connectivity index (χ4n) is 4.43. The van der Waals surface area contributed by atoms with E-state index in [1.165, 1.54) is 0 Å². The van der Waals surface area contributed by atoms with Crippen molar-refractivity contribution in [3.8, 4) is 11.5 Å². The van der Waals surface area contributed by atoms with Gasteiger partial charge in [-0.05, 0) is 89.5 Å². The largest absolute Gasteiger partial charge is 0.457 e. The van der Waals surface area contributed by atoms with Crippen LogP contribution in [0.5, 0.6) is 11.5 Å². The summed E-state index contributed by atoms with van der Waals surface area (Å²) in [7, 11) is 1.92. The molecule has 3 rings (SSSR count). The third kappa shape index (κ3) is 6.05. The highest BCUT2D eigenvalue weighted by atomic mass is 16.5. The summed E-state index contributed by atoms with van der Waals surface area (Å²) >= 11 is 0. The summed E-state index contributed by atoms with van der Waals surface area (Å²) in [6.45, 7) is 9.53. The molecule has 1 fully saturated rings. The average molecular weight is 396 g/mol. The van der Waals surface area contributed by atoms with Crippen molar-refractivity contribution < 1.29 is 9.53 Å². The molecule has 0 atom stereocenters. The van der Waals surface area contributed by atoms with Crippen LogP contribution in [0.1, 0.15) is 56.5 Å². The van der Waals surface area contributed by atoms with Crippen LogP contribution >= 0.6 is 0 Å². The van der Waals surface area contributed by atoms with Gasteiger partial charge in [-0.2, -0.15) is 0 Å². The zero-order valence-electron chi connectivity index (χ0n) is 18.1. The molecule has 5 nitrogen and oxygen atoms in total. The van der Waals surface area contributed by atoms with Crippen molar-refractivity contribution in [2.75, 3.05) is 7.05 Å². The molecule has 0 saturated carbocycles. The Hall–Kier alpha value is -2.37. The number of amides is 1. The van der Waals surface area contributed by atoms with Crippen LogP contribution < -0.4 is 20.7 Å². The Morgan fingerprint density at radius 3 is 2.31 bits per heavy atom. The molecule has 0 spiro atoms. The van der Waals surface area contributed by atoms with Crippen LogP contribution in [0.3, 0.4) is 0 Å². The van der Waals surface area contributed by atoms with Gasteiger partial charge in [0.1, 0.15) is 11.5 Å². The van der Waals surface area contributed by atoms with Crippen molar-refractivity contribution in [1.82, 2.24) is 16.0 Å². The number of carbonyl (C=O) groups excluding carboxylic acids is 1. The maximum atomic E-state index is 12.7. The van der Waals surface area contributed by atoms with Crippen LogP contribution in [0, 0.1) is 0 Å². The number of hydrogen-bond donors (Lipinski definition) is 3. The molecule has 1 saturated heterocycles. The van der Waals surface area contributed by atoms with E-state index < -0.39 is 0 Å². The van der Waals surface area contributed by atoms with Crippen molar-refractivity contribution in [2.24, 2.45) is 0 Å². The lowest BCUT2D eigenvalue weighted by atomic mass is 9.79. The van der Waals surface area contributed by atoms with E-state index in [1.807, 2.05) is 49.5 Å². The van der Waals surface area contributed by atoms with E-state index in [1.54, 1.807) is 0 Å². The predicted octanol–water partition coefficient (Wildman–Crippen LogP) is 4.24. The average Bonchev–Trinajstić information content (AvgIpc) is 2.60. The standard InChI is InChI=1S/C24H33N3O2/c1-23(2)14-19(15-24(3,4)27-23)26-22(28)18-9-11-20(12-10-18)29-21-8-6-7-17(13-21)16-25-5/h6-13,19,25,27H,14-16H2,1-5H3,(H,26,28). The van der Waals surface area contributed by atoms with Crippen molar-refractivity contribution >= 4 is 5.91 Å². The SMILES string of the molecule is CNCc1cccc(Oc2ccc(C(=O)NC3CC(C)(C)NC(C)(C)C3)cc2)c1. The van der Waals surface area contributed by atoms with Crippen LogP contribution in [-0.4, -0.2) is 30.1 Å². The quantitative estimate of drug-likeness (QED) is 0.685. The van der Waals surface area contributed by atoms with Gasteiger partial charge in [-0.1, -0.05) is 12.1 Å². The summed E-state index contributed by atoms with van der Waals surface area (Å²) in [5.74, 6) is 1.47. The van der Waals surface area contributed by atoms with E-state index >= 15 is 0 Å². The molecule has 0 unspecified atom stereocenters. The Balaban J connectivity index is 1.62. The zero-order chi connectivity index (χ0) is 21.1. The smallest absolute Gasteiger partial charge is 0.251 e. The van der Waals surface area contributed by atoms with Crippen LogP contribution in [0.4, 0.5) is 0 Å². The minimum Gasteiger partial charge on any atom is -0.457 e. The molecule has 1 aliphatic heterocycles. The van der Waals surface area contributed by atoms with Gasteiger partial charge in [0.15, 0.2) is 0 Å². The zero-order valence-corrected chi connectivity index (χ0v) is 18.1. The lowest BCUT2D eigenvalue weighted by Crippen LogP contribution is -2.62. The van der Waals surface area contributed by atoms with Crippen molar-refractivity contribution in [3.63, 3.8) is 0 Å². The Morgan fingerprint density at radius 2 is 1.69 bits per heavy atom. The van der Waals surface area contributed by atoms with Gasteiger partial charge in [-0.3, -0.25) is 4.79 Å². The van der Waals surface area contributed by atoms with Crippen molar-refractivity contribution in [3.05, 3.63) is 59.7 Å². The third-order valence-corrected chi connectivity index (χ3v) is 5.16. The summed E-state index contributed by atoms with van der Waals surface area (Å²) in [6.07, 6.45) is 1.82. The Kier molecular flexibility index (Phi) is 6.30. The van der Waals surface area contributed by atoms with Gasteiger partial charge in [0.05, 0.1) is 0 Å². The van der Waals surface area contributed by atoms with Crippen LogP contribution in [0.15, 0.2) is 48.5 Å². The first-order chi connectivity index (χ1) is 13.7. The maximum absolute atomic E-state index is 12.7. The molecule has 29 heavy (non-hydrogen) atoms. The molecule has 156 valence electrons. The number of rotatable bonds is 6. The first kappa shape index (κ1) is 21.3. The highest BCUT2D eigenvalue weighted by molar-refractivity contribution is 5.94. The summed E-state index contributed by atoms with van der Waals surface area (Å²) < 4.78 is 5.94. The molecule has 1 aliphatic rings. The second-order valence-electron chi connectivity index (χ2n) is 9.28. The summed E-state index contributed by atoms with van der Waals surface area (Å²) in [5.41, 5.74) is 1.81. The summed E-state index contributed by atoms with van der Waals surface area (Å²) in [6, 6.07) is 15.5. The molecule has 1 heterocycles. The molecule has 0 aliphatic carbocycles. The molecule has 0 aromatic heterocycles. The van der Waals surface area contributed by atoms with E-state index in [0.717, 1.165) is 30.7 Å². The molecule has 0 radical (unpaired) electrons. The molecule has 1 amide bonds. The van der Waals surface area contributed by atoms with Crippen LogP contribution in [0.2, 0.25) is 0 Å². The fraction of sp³-hybridized carbons (Fsp3) is 0.458. The highest BCUT2D eigenvalue weighted by Gasteiger charge is 2.38. The van der Waals surface area contributed by atoms with E-state index in [4.69, 9.17) is 4.74 Å². The van der Waals surface area contributed by atoms with E-state index in [2.05, 4.69) is 49.7 Å². The minimum absolute atomic E-state index is 0.000767. The molecule has 5 heteroatoms. The number of hydrogen-bond acceptors (Lipinski definition) is 4. The number of benzene rings is 2. The Morgan fingerprint density at radius 1 is 1.03 bits per heavy atom. The van der Waals surface area contributed by atoms with Crippen LogP contribution in [0.25, 0.3) is 0 Å². The monoisotopic (exact) mass is 395 g/mol. The Labute approximate surface area is 174 Å². The fourth-order valence-corrected chi connectivity index (χ4v) is 4.43. The first-order valence-corrected chi connectivity index (χ1v) is 10.3. The molecule has 0 bridgehead atoms. The second kappa shape index (κ2) is 8.56. The predicted molar refractivity (Wildman–Crippen MR) is 118 cm³/mol. The van der Waals surface area contributed by atoms with Crippen LogP contribution in [-0.2, 0) is 6.54 Å². The number of carbonyl (C=O) groups is 1. The Bertz CT molecular complexity index is 827. The van der Waals surface area contributed by atoms with Crippen molar-refractivity contribution in [1.29, 1.82) is 0 Å². The number of ether oxygens (including phenoxy) is 1. The van der Waals surface area contributed by atoms with Gasteiger partial charge in [0.25, 0.3) is 5.91 Å². The van der Waals surface area contributed by atoms with Gasteiger partial charge in [0.2, 0.25) is 0 Å². The van der Waals surface area contributed by atoms with Gasteiger partial charge in [-0.15, -0.1) is 0 Å². The first-order valence-electron chi connectivity index (χ1n) is 10.3. The van der Waals surface area contributed by atoms with Crippen molar-refractivity contribution in [2.45, 2.75) is 64.2 Å². The summed E-state index contributed by atoms with van der Waals surface area (Å²) in [5, 5.41) is 9.99. The van der Waals surface area contributed by atoms with E-state index in [0.29, 0.717) is 11.3 Å². The minimum atomic E-state index is -0.0360. The third-order valence-electron chi connectivity index (χ3n) is 5.16. The summed E-state index contributed by atoms with van der Waals surface area (Å²) in [4.78, 5) is 12.7. The molecule has 2 aromatic rings. The number of piperidine rings is 1. The molecule has 2 aromatic carbocycles.